The summed E-state index contributed by atoms with van der Waals surface area (Å²) in [6.07, 6.45) is 2.14. The van der Waals surface area contributed by atoms with Crippen molar-refractivity contribution in [1.29, 1.82) is 0 Å². The molecule has 1 aliphatic heterocycles. The monoisotopic (exact) mass is 528 g/mol. The Hall–Kier alpha value is -3.84. The highest BCUT2D eigenvalue weighted by Gasteiger charge is 2.44. The fraction of sp³-hybridized carbons (Fsp3) is 0.370. The number of anilines is 1. The molecule has 1 heterocycles. The number of hydrogen-bond acceptors (Lipinski definition) is 7. The molecule has 37 heavy (non-hydrogen) atoms. The average Bonchev–Trinajstić information content (AvgIpc) is 3.11. The van der Waals surface area contributed by atoms with Crippen LogP contribution in [0.5, 0.6) is 11.5 Å². The predicted octanol–water partition coefficient (Wildman–Crippen LogP) is 3.59. The first-order valence-electron chi connectivity index (χ1n) is 12.7. The molecule has 3 rings (SSSR count). The van der Waals surface area contributed by atoms with Gasteiger partial charge in [-0.25, -0.2) is 8.42 Å². The molecule has 196 valence electrons. The Labute approximate surface area is 219 Å². The molecule has 0 unspecified atom stereocenters. The number of methoxy groups -OCH3 is 1. The van der Waals surface area contributed by atoms with E-state index < -0.39 is 51.4 Å². The Kier molecular flexibility index (Phi) is 7.70. The number of hydrogen-bond donors (Lipinski definition) is 1. The van der Waals surface area contributed by atoms with E-state index in [4.69, 9.17) is 12.2 Å². The number of fused-ring (bicyclic) bond motifs is 1. The van der Waals surface area contributed by atoms with Crippen molar-refractivity contribution in [3.63, 3.8) is 0 Å². The van der Waals surface area contributed by atoms with Crippen molar-refractivity contribution in [2.75, 3.05) is 31.0 Å². The number of imide groups is 1. The summed E-state index contributed by atoms with van der Waals surface area (Å²) >= 11 is 0. The SMILES string of the molecule is [2H]c1c([2H])c(NC(C)=O)c2c(c1C#CCCC)C(=O)N([C@H](CS(C)(=O)=O)c1ccc(OC)c(OCC)c1)C2=O. The number of sulfone groups is 1. The molecular weight excluding hydrogens is 496 g/mol. The standard InChI is InChI=1S/C27H30N2O7S/c1-6-8-9-10-18-11-13-20(28-17(3)30)25-24(18)26(31)29(27(25)32)21(16-37(5,33)34)19-12-14-22(35-4)23(15-19)36-7-2/h11-15,21H,6-8,16H2,1-5H3,(H,28,30)/t21-/m1/s1/i11D,13D. The van der Waals surface area contributed by atoms with E-state index in [0.29, 0.717) is 24.3 Å². The number of carbonyl (C=O) groups is 3. The van der Waals surface area contributed by atoms with Gasteiger partial charge in [0.2, 0.25) is 5.91 Å². The second-order valence-corrected chi connectivity index (χ2v) is 10.6. The minimum atomic E-state index is -3.75. The number of ether oxygens (including phenoxy) is 2. The second-order valence-electron chi connectivity index (χ2n) is 8.41. The van der Waals surface area contributed by atoms with Crippen LogP contribution in [0.2, 0.25) is 0 Å². The Bertz CT molecular complexity index is 1510. The maximum Gasteiger partial charge on any atom is 0.264 e. The molecule has 2 aromatic carbocycles. The highest BCUT2D eigenvalue weighted by Crippen LogP contribution is 2.39. The van der Waals surface area contributed by atoms with Gasteiger partial charge in [0.25, 0.3) is 11.8 Å². The lowest BCUT2D eigenvalue weighted by Gasteiger charge is -2.27. The number of nitrogens with one attached hydrogen (secondary N) is 1. The van der Waals surface area contributed by atoms with Crippen molar-refractivity contribution in [3.8, 4) is 23.3 Å². The van der Waals surface area contributed by atoms with Crippen LogP contribution >= 0.6 is 0 Å². The summed E-state index contributed by atoms with van der Waals surface area (Å²) in [7, 11) is -2.31. The van der Waals surface area contributed by atoms with Crippen LogP contribution < -0.4 is 14.8 Å². The molecule has 0 saturated heterocycles. The molecule has 1 N–H and O–H groups in total. The van der Waals surface area contributed by atoms with E-state index in [0.717, 1.165) is 11.2 Å². The summed E-state index contributed by atoms with van der Waals surface area (Å²) in [6, 6.07) is 2.39. The van der Waals surface area contributed by atoms with Gasteiger partial charge in [-0.3, -0.25) is 19.3 Å². The van der Waals surface area contributed by atoms with E-state index in [-0.39, 0.29) is 34.5 Å². The van der Waals surface area contributed by atoms with Gasteiger partial charge in [-0.1, -0.05) is 24.8 Å². The molecule has 2 aromatic rings. The summed E-state index contributed by atoms with van der Waals surface area (Å²) in [6.45, 7) is 5.10. The van der Waals surface area contributed by atoms with Crippen molar-refractivity contribution in [3.05, 3.63) is 52.5 Å². The van der Waals surface area contributed by atoms with Gasteiger partial charge < -0.3 is 14.8 Å². The quantitative estimate of drug-likeness (QED) is 0.390. The van der Waals surface area contributed by atoms with Gasteiger partial charge in [-0.15, -0.1) is 0 Å². The summed E-state index contributed by atoms with van der Waals surface area (Å²) < 4.78 is 52.9. The fourth-order valence-electron chi connectivity index (χ4n) is 3.96. The number of rotatable bonds is 9. The van der Waals surface area contributed by atoms with Crippen LogP contribution in [0.4, 0.5) is 5.69 Å². The Morgan fingerprint density at radius 1 is 1.16 bits per heavy atom. The molecule has 0 radical (unpaired) electrons. The number of carbonyl (C=O) groups excluding carboxylic acids is 3. The highest BCUT2D eigenvalue weighted by molar-refractivity contribution is 7.90. The highest BCUT2D eigenvalue weighted by atomic mass is 32.2. The van der Waals surface area contributed by atoms with Gasteiger partial charge in [-0.05, 0) is 43.1 Å². The lowest BCUT2D eigenvalue weighted by Crippen LogP contribution is -2.38. The largest absolute Gasteiger partial charge is 0.493 e. The average molecular weight is 529 g/mol. The first-order valence-corrected chi connectivity index (χ1v) is 13.7. The topological polar surface area (TPSA) is 119 Å². The smallest absolute Gasteiger partial charge is 0.264 e. The first kappa shape index (κ1) is 24.8. The molecule has 0 aliphatic carbocycles. The fourth-order valence-corrected chi connectivity index (χ4v) is 4.87. The number of benzene rings is 2. The molecule has 10 heteroatoms. The molecule has 3 amide bonds. The predicted molar refractivity (Wildman–Crippen MR) is 140 cm³/mol. The van der Waals surface area contributed by atoms with Crippen molar-refractivity contribution in [1.82, 2.24) is 4.90 Å². The van der Waals surface area contributed by atoms with Gasteiger partial charge in [0.1, 0.15) is 9.84 Å². The third-order valence-corrected chi connectivity index (χ3v) is 6.38. The molecule has 0 fully saturated rings. The molecular formula is C27H30N2O7S. The van der Waals surface area contributed by atoms with E-state index in [9.17, 15) is 22.8 Å². The maximum absolute atomic E-state index is 13.9. The van der Waals surface area contributed by atoms with Crippen LogP contribution in [0, 0.1) is 11.8 Å². The molecule has 0 saturated carbocycles. The van der Waals surface area contributed by atoms with Crippen molar-refractivity contribution in [2.45, 2.75) is 39.7 Å². The summed E-state index contributed by atoms with van der Waals surface area (Å²) in [5.41, 5.74) is -0.677. The van der Waals surface area contributed by atoms with E-state index in [1.54, 1.807) is 13.0 Å². The Balaban J connectivity index is 2.31. The molecule has 9 nitrogen and oxygen atoms in total. The van der Waals surface area contributed by atoms with Crippen LogP contribution in [0.15, 0.2) is 30.3 Å². The zero-order chi connectivity index (χ0) is 29.1. The van der Waals surface area contributed by atoms with E-state index in [1.807, 2.05) is 6.92 Å². The summed E-state index contributed by atoms with van der Waals surface area (Å²) in [4.78, 5) is 40.6. The minimum Gasteiger partial charge on any atom is -0.493 e. The lowest BCUT2D eigenvalue weighted by molar-refractivity contribution is -0.114. The number of unbranched alkanes of at least 4 members (excludes halogenated alkanes) is 1. The molecule has 0 spiro atoms. The summed E-state index contributed by atoms with van der Waals surface area (Å²) in [5, 5.41) is 2.40. The van der Waals surface area contributed by atoms with Crippen LogP contribution in [0.1, 0.15) is 74.2 Å². The van der Waals surface area contributed by atoms with E-state index >= 15 is 0 Å². The van der Waals surface area contributed by atoms with E-state index in [2.05, 4.69) is 17.2 Å². The van der Waals surface area contributed by atoms with Crippen molar-refractivity contribution in [2.24, 2.45) is 0 Å². The van der Waals surface area contributed by atoms with Gasteiger partial charge >= 0.3 is 0 Å². The Morgan fingerprint density at radius 2 is 1.86 bits per heavy atom. The first-order chi connectivity index (χ1) is 18.4. The third kappa shape index (κ3) is 6.12. The number of nitrogens with zero attached hydrogens (tertiary/aromatic N) is 1. The van der Waals surface area contributed by atoms with Crippen molar-refractivity contribution >= 4 is 33.2 Å². The molecule has 0 aromatic heterocycles. The second kappa shape index (κ2) is 11.5. The zero-order valence-corrected chi connectivity index (χ0v) is 22.2. The Morgan fingerprint density at radius 3 is 2.46 bits per heavy atom. The molecule has 0 bridgehead atoms. The van der Waals surface area contributed by atoms with Crippen molar-refractivity contribution < 1.29 is 35.0 Å². The third-order valence-electron chi connectivity index (χ3n) is 5.46. The molecule has 1 aliphatic rings. The zero-order valence-electron chi connectivity index (χ0n) is 23.4. The van der Waals surface area contributed by atoms with Crippen LogP contribution in [-0.4, -0.2) is 56.8 Å². The van der Waals surface area contributed by atoms with E-state index in [1.165, 1.54) is 26.2 Å². The van der Waals surface area contributed by atoms with Gasteiger partial charge in [0.05, 0.1) is 45.1 Å². The normalized spacial score (nSPS) is 14.2. The van der Waals surface area contributed by atoms with Gasteiger partial charge in [0.15, 0.2) is 11.5 Å². The van der Waals surface area contributed by atoms with Gasteiger partial charge in [0, 0.05) is 25.2 Å². The van der Waals surface area contributed by atoms with Crippen LogP contribution in [0.3, 0.4) is 0 Å². The number of amides is 3. The lowest BCUT2D eigenvalue weighted by atomic mass is 10.0. The maximum atomic E-state index is 13.9. The minimum absolute atomic E-state index is 0.124. The van der Waals surface area contributed by atoms with Crippen LogP contribution in [0.25, 0.3) is 0 Å². The summed E-state index contributed by atoms with van der Waals surface area (Å²) in [5.74, 6) is 3.25. The van der Waals surface area contributed by atoms with Gasteiger partial charge in [-0.2, -0.15) is 0 Å². The van der Waals surface area contributed by atoms with Crippen LogP contribution in [-0.2, 0) is 14.6 Å². The molecule has 1 atom stereocenters.